The van der Waals surface area contributed by atoms with E-state index >= 15 is 0 Å². The normalized spacial score (nSPS) is 12.8. The Morgan fingerprint density at radius 2 is 1.06 bits per heavy atom. The second kappa shape index (κ2) is 12.5. The van der Waals surface area contributed by atoms with Crippen LogP contribution < -0.4 is 4.90 Å². The number of aromatic nitrogens is 1. The molecule has 0 saturated heterocycles. The van der Waals surface area contributed by atoms with Gasteiger partial charge in [0.25, 0.3) is 0 Å². The zero-order valence-corrected chi connectivity index (χ0v) is 28.1. The summed E-state index contributed by atoms with van der Waals surface area (Å²) in [4.78, 5) is 2.21. The number of anilines is 3. The van der Waals surface area contributed by atoms with Crippen LogP contribution in [0.3, 0.4) is 0 Å². The summed E-state index contributed by atoms with van der Waals surface area (Å²) in [5, 5.41) is 7.01. The van der Waals surface area contributed by atoms with Crippen molar-refractivity contribution in [3.05, 3.63) is 206 Å². The van der Waals surface area contributed by atoms with Gasteiger partial charge in [-0.15, -0.1) is 0 Å². The highest BCUT2D eigenvalue weighted by Crippen LogP contribution is 2.43. The maximum absolute atomic E-state index is 8.53. The Bertz CT molecular complexity index is 3160. The van der Waals surface area contributed by atoms with Crippen molar-refractivity contribution in [2.75, 3.05) is 4.90 Å². The van der Waals surface area contributed by atoms with Crippen LogP contribution in [-0.4, -0.2) is 4.57 Å². The van der Waals surface area contributed by atoms with Gasteiger partial charge in [0.05, 0.1) is 23.6 Å². The van der Waals surface area contributed by atoms with Crippen molar-refractivity contribution < 1.29 is 6.85 Å². The smallest absolute Gasteiger partial charge is 0.0629 e. The quantitative estimate of drug-likeness (QED) is 0.171. The van der Waals surface area contributed by atoms with E-state index < -0.39 is 6.04 Å². The van der Waals surface area contributed by atoms with Crippen LogP contribution in [0.4, 0.5) is 17.1 Å². The van der Waals surface area contributed by atoms with Crippen molar-refractivity contribution in [3.63, 3.8) is 0 Å². The third kappa shape index (κ3) is 5.04. The zero-order valence-electron chi connectivity index (χ0n) is 33.1. The maximum atomic E-state index is 8.53. The molecule has 0 aliphatic rings. The Hall–Kier alpha value is -6.90. The third-order valence-electron chi connectivity index (χ3n) is 10.0. The summed E-state index contributed by atoms with van der Waals surface area (Å²) in [5.74, 6) is 0. The van der Waals surface area contributed by atoms with Crippen LogP contribution in [0, 0.1) is 0 Å². The number of fused-ring (bicyclic) bond motifs is 5. The predicted octanol–water partition coefficient (Wildman–Crippen LogP) is 13.9. The van der Waals surface area contributed by atoms with Gasteiger partial charge in [0.2, 0.25) is 0 Å². The fourth-order valence-electron chi connectivity index (χ4n) is 7.64. The van der Waals surface area contributed by atoms with Gasteiger partial charge in [0.1, 0.15) is 0 Å². The average Bonchev–Trinajstić information content (AvgIpc) is 3.59. The molecular weight excluding hydrogens is 629 g/mol. The fourth-order valence-corrected chi connectivity index (χ4v) is 7.64. The lowest BCUT2D eigenvalue weighted by Crippen LogP contribution is -2.10. The summed E-state index contributed by atoms with van der Waals surface area (Å²) in [7, 11) is 0. The van der Waals surface area contributed by atoms with Crippen molar-refractivity contribution in [3.8, 4) is 27.9 Å². The minimum atomic E-state index is -0.400. The Labute approximate surface area is 310 Å². The van der Waals surface area contributed by atoms with Gasteiger partial charge < -0.3 is 9.47 Å². The molecule has 1 heterocycles. The molecule has 10 rings (SSSR count). The second-order valence-corrected chi connectivity index (χ2v) is 13.0. The molecule has 244 valence electrons. The predicted molar refractivity (Wildman–Crippen MR) is 221 cm³/mol. The Kier molecular flexibility index (Phi) is 6.01. The van der Waals surface area contributed by atoms with Crippen LogP contribution in [-0.2, 0) is 0 Å². The van der Waals surface area contributed by atoms with E-state index in [1.54, 1.807) is 0 Å². The van der Waals surface area contributed by atoms with Gasteiger partial charge in [-0.05, 0) is 93.0 Å². The van der Waals surface area contributed by atoms with Gasteiger partial charge >= 0.3 is 0 Å². The number of hydrogen-bond donors (Lipinski definition) is 0. The molecule has 0 aliphatic carbocycles. The lowest BCUT2D eigenvalue weighted by molar-refractivity contribution is 1.19. The molecule has 0 amide bonds. The lowest BCUT2D eigenvalue weighted by atomic mass is 9.95. The van der Waals surface area contributed by atoms with E-state index in [1.165, 1.54) is 21.5 Å². The summed E-state index contributed by atoms with van der Waals surface area (Å²) in [5.41, 5.74) is 9.23. The van der Waals surface area contributed by atoms with Gasteiger partial charge in [0, 0.05) is 33.2 Å². The SMILES string of the molecule is [2H]c1c([2H])c([2H])c(-c2ccc(N(c3ccccc3)c3ccc(-c4ccc5c6ccccc6n(-c6ccc7ccccc7c6)c5c4)c4ccccc34)cc2)c([2H])c1[2H]. The zero-order chi connectivity index (χ0) is 38.8. The lowest BCUT2D eigenvalue weighted by Gasteiger charge is -2.27. The van der Waals surface area contributed by atoms with Crippen LogP contribution >= 0.6 is 0 Å². The molecule has 0 bridgehead atoms. The van der Waals surface area contributed by atoms with E-state index in [0.717, 1.165) is 55.7 Å². The summed E-state index contributed by atoms with van der Waals surface area (Å²) in [6, 6.07) is 59.7. The highest BCUT2D eigenvalue weighted by molar-refractivity contribution is 6.12. The van der Waals surface area contributed by atoms with Crippen molar-refractivity contribution in [2.45, 2.75) is 0 Å². The van der Waals surface area contributed by atoms with Crippen LogP contribution in [0.15, 0.2) is 206 Å². The highest BCUT2D eigenvalue weighted by Gasteiger charge is 2.19. The van der Waals surface area contributed by atoms with Gasteiger partial charge in [-0.3, -0.25) is 0 Å². The van der Waals surface area contributed by atoms with E-state index in [2.05, 4.69) is 143 Å². The molecule has 0 aliphatic heterocycles. The van der Waals surface area contributed by atoms with Crippen LogP contribution in [0.1, 0.15) is 6.85 Å². The van der Waals surface area contributed by atoms with Crippen molar-refractivity contribution in [1.29, 1.82) is 0 Å². The molecule has 0 atom stereocenters. The summed E-state index contributed by atoms with van der Waals surface area (Å²) >= 11 is 0. The molecule has 2 nitrogen and oxygen atoms in total. The van der Waals surface area contributed by atoms with Crippen molar-refractivity contribution in [2.24, 2.45) is 0 Å². The fraction of sp³-hybridized carbons (Fsp3) is 0. The van der Waals surface area contributed by atoms with E-state index in [9.17, 15) is 0 Å². The number of hydrogen-bond acceptors (Lipinski definition) is 1. The molecule has 0 unspecified atom stereocenters. The first kappa shape index (κ1) is 25.1. The monoisotopic (exact) mass is 667 g/mol. The molecule has 9 aromatic carbocycles. The molecule has 52 heavy (non-hydrogen) atoms. The van der Waals surface area contributed by atoms with Crippen LogP contribution in [0.5, 0.6) is 0 Å². The minimum Gasteiger partial charge on any atom is -0.310 e. The van der Waals surface area contributed by atoms with Gasteiger partial charge in [0.15, 0.2) is 0 Å². The number of benzene rings is 9. The van der Waals surface area contributed by atoms with Gasteiger partial charge in [-0.1, -0.05) is 152 Å². The van der Waals surface area contributed by atoms with E-state index in [4.69, 9.17) is 6.85 Å². The summed E-state index contributed by atoms with van der Waals surface area (Å²) in [6.07, 6.45) is 0. The highest BCUT2D eigenvalue weighted by atomic mass is 15.1. The molecule has 0 spiro atoms. The van der Waals surface area contributed by atoms with Gasteiger partial charge in [-0.25, -0.2) is 0 Å². The number of rotatable bonds is 6. The third-order valence-corrected chi connectivity index (χ3v) is 10.0. The molecule has 0 saturated carbocycles. The van der Waals surface area contributed by atoms with E-state index in [-0.39, 0.29) is 29.7 Å². The summed E-state index contributed by atoms with van der Waals surface area (Å²) in [6.45, 7) is 0. The standard InChI is InChI=1S/C50H34N2/c1-3-13-35(14-4-1)37-23-27-41(28-24-37)51(40-17-5-2-6-18-40)49-32-31-43(44-19-9-10-20-45(44)49)39-26-30-47-46-21-11-12-22-48(46)52(50(47)34-39)42-29-25-36-15-7-8-16-38(36)33-42/h1-34H/i1D,3D,4D,13D,14D. The molecule has 0 radical (unpaired) electrons. The molecule has 0 fully saturated rings. The number of para-hydroxylation sites is 2. The first-order valence-corrected chi connectivity index (χ1v) is 17.4. The van der Waals surface area contributed by atoms with Crippen LogP contribution in [0.2, 0.25) is 0 Å². The van der Waals surface area contributed by atoms with E-state index in [0.29, 0.717) is 5.56 Å². The molecule has 2 heteroatoms. The Morgan fingerprint density at radius 3 is 1.88 bits per heavy atom. The molecule has 1 aromatic heterocycles. The largest absolute Gasteiger partial charge is 0.310 e. The first-order chi connectivity index (χ1) is 27.9. The Balaban J connectivity index is 1.13. The summed E-state index contributed by atoms with van der Waals surface area (Å²) < 4.78 is 43.9. The average molecular weight is 668 g/mol. The van der Waals surface area contributed by atoms with Gasteiger partial charge in [-0.2, -0.15) is 0 Å². The minimum absolute atomic E-state index is 0.185. The molecule has 10 aromatic rings. The molecular formula is C50H34N2. The topological polar surface area (TPSA) is 8.17 Å². The van der Waals surface area contributed by atoms with Crippen molar-refractivity contribution in [1.82, 2.24) is 4.57 Å². The second-order valence-electron chi connectivity index (χ2n) is 13.0. The van der Waals surface area contributed by atoms with Crippen LogP contribution in [0.25, 0.3) is 71.3 Å². The van der Waals surface area contributed by atoms with Crippen molar-refractivity contribution >= 4 is 60.4 Å². The molecule has 0 N–H and O–H groups in total. The van der Waals surface area contributed by atoms with E-state index in [1.807, 2.05) is 42.5 Å². The first-order valence-electron chi connectivity index (χ1n) is 19.9. The Morgan fingerprint density at radius 1 is 0.404 bits per heavy atom. The number of nitrogens with zero attached hydrogens (tertiary/aromatic N) is 2. The maximum Gasteiger partial charge on any atom is 0.0629 e.